The van der Waals surface area contributed by atoms with Crippen LogP contribution in [0, 0.1) is 5.92 Å². The van der Waals surface area contributed by atoms with Crippen molar-refractivity contribution in [3.05, 3.63) is 23.3 Å². The summed E-state index contributed by atoms with van der Waals surface area (Å²) in [6.07, 6.45) is 3.96. The highest BCUT2D eigenvalue weighted by Gasteiger charge is 2.48. The summed E-state index contributed by atoms with van der Waals surface area (Å²) in [5, 5.41) is 9.27. The van der Waals surface area contributed by atoms with Gasteiger partial charge in [0.2, 0.25) is 0 Å². The minimum atomic E-state index is -0.215. The van der Waals surface area contributed by atoms with E-state index in [4.69, 9.17) is 4.74 Å². The van der Waals surface area contributed by atoms with Crippen molar-refractivity contribution < 1.29 is 14.6 Å². The Morgan fingerprint density at radius 3 is 3.19 bits per heavy atom. The van der Waals surface area contributed by atoms with Crippen LogP contribution >= 0.6 is 0 Å². The highest BCUT2D eigenvalue weighted by Crippen LogP contribution is 2.37. The molecule has 0 aromatic heterocycles. The maximum Gasteiger partial charge on any atom is 0.333 e. The van der Waals surface area contributed by atoms with Crippen LogP contribution in [-0.4, -0.2) is 47.8 Å². The van der Waals surface area contributed by atoms with Crippen LogP contribution in [0.1, 0.15) is 6.92 Å². The van der Waals surface area contributed by atoms with E-state index < -0.39 is 0 Å². The molecule has 0 amide bonds. The zero-order valence-electron chi connectivity index (χ0n) is 9.22. The van der Waals surface area contributed by atoms with Gasteiger partial charge in [-0.2, -0.15) is 0 Å². The molecule has 0 aromatic rings. The van der Waals surface area contributed by atoms with Crippen LogP contribution in [-0.2, 0) is 9.53 Å². The van der Waals surface area contributed by atoms with Crippen LogP contribution in [0.25, 0.3) is 0 Å². The van der Waals surface area contributed by atoms with Gasteiger partial charge >= 0.3 is 5.97 Å². The minimum absolute atomic E-state index is 0.0602. The first-order valence-corrected chi connectivity index (χ1v) is 5.64. The average Bonchev–Trinajstić information content (AvgIpc) is 2.78. The number of hydrogen-bond donors (Lipinski definition) is 1. The molecule has 0 bridgehead atoms. The standard InChI is InChI=1S/C12H15NO3/c1-7-4-9-5-13-3-2-8(6-14)10(13)11(9)16-12(7)15/h2,4,9-11,14H,3,5-6H2,1H3. The van der Waals surface area contributed by atoms with Crippen LogP contribution in [0.3, 0.4) is 0 Å². The van der Waals surface area contributed by atoms with Gasteiger partial charge in [-0.15, -0.1) is 0 Å². The average molecular weight is 221 g/mol. The summed E-state index contributed by atoms with van der Waals surface area (Å²) in [4.78, 5) is 13.8. The van der Waals surface area contributed by atoms with Gasteiger partial charge in [-0.3, -0.25) is 4.90 Å². The molecule has 3 atom stereocenters. The largest absolute Gasteiger partial charge is 0.456 e. The third-order valence-corrected chi connectivity index (χ3v) is 3.75. The Bertz CT molecular complexity index is 399. The van der Waals surface area contributed by atoms with Gasteiger partial charge in [0.25, 0.3) is 0 Å². The molecule has 0 radical (unpaired) electrons. The third-order valence-electron chi connectivity index (χ3n) is 3.75. The lowest BCUT2D eigenvalue weighted by atomic mass is 9.93. The molecule has 0 saturated carbocycles. The molecule has 3 rings (SSSR count). The first-order chi connectivity index (χ1) is 7.70. The van der Waals surface area contributed by atoms with Crippen molar-refractivity contribution in [3.63, 3.8) is 0 Å². The Morgan fingerprint density at radius 1 is 1.62 bits per heavy atom. The monoisotopic (exact) mass is 221 g/mol. The second-order valence-corrected chi connectivity index (χ2v) is 4.72. The summed E-state index contributed by atoms with van der Waals surface area (Å²) in [5.74, 6) is 0.0743. The molecule has 1 saturated heterocycles. The normalized spacial score (nSPS) is 37.6. The molecule has 3 aliphatic rings. The van der Waals surface area contributed by atoms with Crippen LogP contribution in [0.2, 0.25) is 0 Å². The van der Waals surface area contributed by atoms with Crippen molar-refractivity contribution in [2.75, 3.05) is 19.7 Å². The SMILES string of the molecule is CC1=CC2CN3CC=C(CO)C3C2OC1=O. The number of rotatable bonds is 1. The van der Waals surface area contributed by atoms with Gasteiger partial charge in [-0.25, -0.2) is 4.79 Å². The fraction of sp³-hybridized carbons (Fsp3) is 0.583. The van der Waals surface area contributed by atoms with Crippen molar-refractivity contribution in [2.24, 2.45) is 5.92 Å². The zero-order valence-corrected chi connectivity index (χ0v) is 9.22. The van der Waals surface area contributed by atoms with Crippen LogP contribution in [0.5, 0.6) is 0 Å². The van der Waals surface area contributed by atoms with Crippen molar-refractivity contribution in [3.8, 4) is 0 Å². The highest BCUT2D eigenvalue weighted by atomic mass is 16.5. The Hall–Kier alpha value is -1.13. The molecule has 1 N–H and O–H groups in total. The topological polar surface area (TPSA) is 49.8 Å². The van der Waals surface area contributed by atoms with E-state index in [2.05, 4.69) is 4.90 Å². The third kappa shape index (κ3) is 1.26. The highest BCUT2D eigenvalue weighted by molar-refractivity contribution is 5.89. The van der Waals surface area contributed by atoms with E-state index in [9.17, 15) is 9.90 Å². The number of carbonyl (C=O) groups excluding carboxylic acids is 1. The van der Waals surface area contributed by atoms with Crippen LogP contribution in [0.4, 0.5) is 0 Å². The summed E-state index contributed by atoms with van der Waals surface area (Å²) in [6, 6.07) is 0.100. The number of esters is 1. The van der Waals surface area contributed by atoms with Crippen molar-refractivity contribution >= 4 is 5.97 Å². The fourth-order valence-corrected chi connectivity index (χ4v) is 2.98. The second kappa shape index (κ2) is 3.43. The van der Waals surface area contributed by atoms with Crippen LogP contribution in [0.15, 0.2) is 23.3 Å². The number of aliphatic hydroxyl groups is 1. The van der Waals surface area contributed by atoms with E-state index in [-0.39, 0.29) is 30.6 Å². The number of aliphatic hydroxyl groups excluding tert-OH is 1. The lowest BCUT2D eigenvalue weighted by Crippen LogP contribution is -2.38. The molecule has 0 spiro atoms. The maximum atomic E-state index is 11.5. The van der Waals surface area contributed by atoms with Crippen molar-refractivity contribution in [1.82, 2.24) is 4.90 Å². The molecule has 4 nitrogen and oxygen atoms in total. The molecule has 3 heterocycles. The Kier molecular flexibility index (Phi) is 2.16. The van der Waals surface area contributed by atoms with Gasteiger partial charge in [0, 0.05) is 24.6 Å². The van der Waals surface area contributed by atoms with E-state index >= 15 is 0 Å². The predicted octanol–water partition coefficient (Wildman–Crippen LogP) is 0.0908. The number of ether oxygens (including phenoxy) is 1. The number of fused-ring (bicyclic) bond motifs is 3. The Balaban J connectivity index is 1.91. The molecule has 1 fully saturated rings. The molecule has 3 aliphatic heterocycles. The van der Waals surface area contributed by atoms with E-state index in [0.717, 1.165) is 18.7 Å². The van der Waals surface area contributed by atoms with Gasteiger partial charge in [0.15, 0.2) is 0 Å². The molecule has 3 unspecified atom stereocenters. The zero-order chi connectivity index (χ0) is 11.3. The van der Waals surface area contributed by atoms with Gasteiger partial charge in [0.1, 0.15) is 6.10 Å². The molecule has 86 valence electrons. The number of nitrogens with zero attached hydrogens (tertiary/aromatic N) is 1. The van der Waals surface area contributed by atoms with E-state index in [1.165, 1.54) is 0 Å². The lowest BCUT2D eigenvalue weighted by molar-refractivity contribution is -0.147. The number of hydrogen-bond acceptors (Lipinski definition) is 4. The van der Waals surface area contributed by atoms with E-state index in [1.807, 2.05) is 12.2 Å². The smallest absolute Gasteiger partial charge is 0.333 e. The van der Waals surface area contributed by atoms with Gasteiger partial charge < -0.3 is 9.84 Å². The summed E-state index contributed by atoms with van der Waals surface area (Å²) < 4.78 is 5.47. The quantitative estimate of drug-likeness (QED) is 0.503. The summed E-state index contributed by atoms with van der Waals surface area (Å²) in [6.45, 7) is 3.63. The van der Waals surface area contributed by atoms with Gasteiger partial charge in [-0.05, 0) is 12.5 Å². The summed E-state index contributed by atoms with van der Waals surface area (Å²) >= 11 is 0. The molecule has 4 heteroatoms. The molecular formula is C12H15NO3. The first-order valence-electron chi connectivity index (χ1n) is 5.64. The lowest BCUT2D eigenvalue weighted by Gasteiger charge is -2.27. The first kappa shape index (κ1) is 10.1. The molecular weight excluding hydrogens is 206 g/mol. The summed E-state index contributed by atoms with van der Waals surface area (Å²) in [5.41, 5.74) is 1.70. The summed E-state index contributed by atoms with van der Waals surface area (Å²) in [7, 11) is 0. The number of carbonyl (C=O) groups is 1. The van der Waals surface area contributed by atoms with E-state index in [1.54, 1.807) is 6.92 Å². The Labute approximate surface area is 94.2 Å². The second-order valence-electron chi connectivity index (χ2n) is 4.72. The molecule has 0 aromatic carbocycles. The van der Waals surface area contributed by atoms with Crippen molar-refractivity contribution in [2.45, 2.75) is 19.1 Å². The van der Waals surface area contributed by atoms with Gasteiger partial charge in [0.05, 0.1) is 12.6 Å². The van der Waals surface area contributed by atoms with E-state index in [0.29, 0.717) is 5.57 Å². The minimum Gasteiger partial charge on any atom is -0.456 e. The maximum absolute atomic E-state index is 11.5. The fourth-order valence-electron chi connectivity index (χ4n) is 2.98. The molecule has 16 heavy (non-hydrogen) atoms. The van der Waals surface area contributed by atoms with Crippen molar-refractivity contribution in [1.29, 1.82) is 0 Å². The Morgan fingerprint density at radius 2 is 2.44 bits per heavy atom. The van der Waals surface area contributed by atoms with Gasteiger partial charge in [-0.1, -0.05) is 12.2 Å². The molecule has 0 aliphatic carbocycles. The predicted molar refractivity (Wildman–Crippen MR) is 57.7 cm³/mol. The van der Waals surface area contributed by atoms with Crippen LogP contribution < -0.4 is 0 Å².